The molecule has 1 rings (SSSR count). The van der Waals surface area contributed by atoms with Crippen molar-refractivity contribution >= 4 is 36.3 Å². The van der Waals surface area contributed by atoms with E-state index in [2.05, 4.69) is 23.3 Å². The van der Waals surface area contributed by atoms with Gasteiger partial charge in [-0.1, -0.05) is 30.3 Å². The second-order valence-corrected chi connectivity index (χ2v) is 5.97. The van der Waals surface area contributed by atoms with E-state index in [-0.39, 0.29) is 12.2 Å². The zero-order chi connectivity index (χ0) is 19.7. The van der Waals surface area contributed by atoms with Gasteiger partial charge in [-0.3, -0.25) is 14.4 Å². The maximum atomic E-state index is 12.5. The molecule has 0 aliphatic rings. The molecule has 0 spiro atoms. The summed E-state index contributed by atoms with van der Waals surface area (Å²) in [7, 11) is 0. The number of rotatable bonds is 10. The van der Waals surface area contributed by atoms with Gasteiger partial charge in [0.2, 0.25) is 17.7 Å². The van der Waals surface area contributed by atoms with Crippen LogP contribution in [0.1, 0.15) is 12.0 Å². The summed E-state index contributed by atoms with van der Waals surface area (Å²) in [5.74, 6) is -3.57. The maximum Gasteiger partial charge on any atom is 0.326 e. The van der Waals surface area contributed by atoms with Crippen molar-refractivity contribution < 1.29 is 24.3 Å². The molecule has 0 bridgehead atoms. The van der Waals surface area contributed by atoms with Crippen LogP contribution in [0, 0.1) is 0 Å². The fraction of sp³-hybridized carbons (Fsp3) is 0.375. The van der Waals surface area contributed by atoms with Crippen LogP contribution >= 0.6 is 12.6 Å². The lowest BCUT2D eigenvalue weighted by molar-refractivity contribution is -0.143. The van der Waals surface area contributed by atoms with Gasteiger partial charge in [-0.2, -0.15) is 12.6 Å². The van der Waals surface area contributed by atoms with Crippen LogP contribution in [-0.2, 0) is 25.6 Å². The summed E-state index contributed by atoms with van der Waals surface area (Å²) in [4.78, 5) is 46.7. The second-order valence-electron chi connectivity index (χ2n) is 5.61. The molecular weight excluding hydrogens is 360 g/mol. The Morgan fingerprint density at radius 2 is 1.62 bits per heavy atom. The predicted octanol–water partition coefficient (Wildman–Crippen LogP) is -1.58. The first-order valence-corrected chi connectivity index (χ1v) is 8.40. The fourth-order valence-electron chi connectivity index (χ4n) is 2.09. The highest BCUT2D eigenvalue weighted by Gasteiger charge is 2.28. The van der Waals surface area contributed by atoms with Gasteiger partial charge in [0.15, 0.2) is 0 Å². The molecule has 3 amide bonds. The molecule has 142 valence electrons. The topological polar surface area (TPSA) is 165 Å². The number of hydrogen-bond acceptors (Lipinski definition) is 6. The van der Waals surface area contributed by atoms with Gasteiger partial charge in [0.05, 0.1) is 12.5 Å². The highest BCUT2D eigenvalue weighted by atomic mass is 32.1. The highest BCUT2D eigenvalue weighted by Crippen LogP contribution is 2.05. The van der Waals surface area contributed by atoms with Crippen molar-refractivity contribution in [3.8, 4) is 0 Å². The summed E-state index contributed by atoms with van der Waals surface area (Å²) >= 11 is 3.93. The van der Waals surface area contributed by atoms with Crippen LogP contribution in [-0.4, -0.2) is 52.7 Å². The molecule has 0 unspecified atom stereocenters. The van der Waals surface area contributed by atoms with Gasteiger partial charge in [0.25, 0.3) is 0 Å². The van der Waals surface area contributed by atoms with Crippen LogP contribution in [0.2, 0.25) is 0 Å². The third-order valence-electron chi connectivity index (χ3n) is 3.47. The first-order chi connectivity index (χ1) is 12.2. The van der Waals surface area contributed by atoms with Crippen LogP contribution in [0.25, 0.3) is 0 Å². The Hall–Kier alpha value is -2.59. The average Bonchev–Trinajstić information content (AvgIpc) is 2.60. The number of primary amides is 1. The van der Waals surface area contributed by atoms with E-state index in [0.717, 1.165) is 5.56 Å². The van der Waals surface area contributed by atoms with Gasteiger partial charge < -0.3 is 27.2 Å². The Balaban J connectivity index is 2.94. The maximum absolute atomic E-state index is 12.5. The van der Waals surface area contributed by atoms with Gasteiger partial charge in [-0.05, 0) is 5.56 Å². The number of nitrogens with two attached hydrogens (primary N) is 2. The minimum absolute atomic E-state index is 0.0743. The van der Waals surface area contributed by atoms with E-state index in [1.807, 2.05) is 0 Å². The number of thiol groups is 1. The number of carboxylic acids is 1. The lowest BCUT2D eigenvalue weighted by atomic mass is 10.0. The van der Waals surface area contributed by atoms with Crippen LogP contribution in [0.4, 0.5) is 0 Å². The normalized spacial score (nSPS) is 13.9. The summed E-state index contributed by atoms with van der Waals surface area (Å²) < 4.78 is 0. The molecule has 0 aliphatic heterocycles. The van der Waals surface area contributed by atoms with E-state index >= 15 is 0 Å². The number of nitrogens with one attached hydrogen (secondary N) is 2. The van der Waals surface area contributed by atoms with Gasteiger partial charge in [-0.25, -0.2) is 4.79 Å². The number of carbonyl (C=O) groups is 4. The molecule has 0 aromatic heterocycles. The lowest BCUT2D eigenvalue weighted by Gasteiger charge is -2.22. The second kappa shape index (κ2) is 10.4. The SMILES string of the molecule is NC(=O)C[C@H](NC(=O)[C@H](Cc1ccccc1)NC(=O)[C@@H](N)CS)C(=O)O. The molecule has 0 saturated carbocycles. The van der Waals surface area contributed by atoms with Crippen molar-refractivity contribution in [2.24, 2.45) is 11.5 Å². The molecular formula is C16H22N4O5S. The van der Waals surface area contributed by atoms with Crippen LogP contribution < -0.4 is 22.1 Å². The number of benzene rings is 1. The third kappa shape index (κ3) is 7.11. The molecule has 1 aromatic carbocycles. The molecule has 0 radical (unpaired) electrons. The monoisotopic (exact) mass is 382 g/mol. The Morgan fingerprint density at radius 3 is 2.12 bits per heavy atom. The van der Waals surface area contributed by atoms with Crippen molar-refractivity contribution in [2.45, 2.75) is 31.0 Å². The molecule has 0 saturated heterocycles. The molecule has 1 aromatic rings. The smallest absolute Gasteiger partial charge is 0.326 e. The Labute approximate surface area is 155 Å². The number of carboxylic acid groups (broad SMARTS) is 1. The lowest BCUT2D eigenvalue weighted by Crippen LogP contribution is -2.56. The van der Waals surface area contributed by atoms with Gasteiger partial charge in [0.1, 0.15) is 12.1 Å². The van der Waals surface area contributed by atoms with E-state index in [9.17, 15) is 19.2 Å². The first kappa shape index (κ1) is 21.5. The Bertz CT molecular complexity index is 655. The van der Waals surface area contributed by atoms with E-state index in [4.69, 9.17) is 16.6 Å². The highest BCUT2D eigenvalue weighted by molar-refractivity contribution is 7.80. The number of aliphatic carboxylic acids is 1. The average molecular weight is 382 g/mol. The van der Waals surface area contributed by atoms with Crippen molar-refractivity contribution in [3.05, 3.63) is 35.9 Å². The summed E-state index contributed by atoms with van der Waals surface area (Å²) in [6.07, 6.45) is -0.455. The van der Waals surface area contributed by atoms with Gasteiger partial charge in [-0.15, -0.1) is 0 Å². The van der Waals surface area contributed by atoms with Crippen LogP contribution in [0.5, 0.6) is 0 Å². The summed E-state index contributed by atoms with van der Waals surface area (Å²) in [6.45, 7) is 0. The minimum Gasteiger partial charge on any atom is -0.480 e. The predicted molar refractivity (Wildman–Crippen MR) is 97.3 cm³/mol. The largest absolute Gasteiger partial charge is 0.480 e. The molecule has 0 fully saturated rings. The zero-order valence-corrected chi connectivity index (χ0v) is 14.8. The third-order valence-corrected chi connectivity index (χ3v) is 3.86. The van der Waals surface area contributed by atoms with E-state index in [1.165, 1.54) is 0 Å². The summed E-state index contributed by atoms with van der Waals surface area (Å²) in [6, 6.07) is 5.33. The fourth-order valence-corrected chi connectivity index (χ4v) is 2.26. The van der Waals surface area contributed by atoms with Crippen molar-refractivity contribution in [1.29, 1.82) is 0 Å². The van der Waals surface area contributed by atoms with Crippen molar-refractivity contribution in [2.75, 3.05) is 5.75 Å². The number of carbonyl (C=O) groups excluding carboxylic acids is 3. The molecule has 26 heavy (non-hydrogen) atoms. The summed E-state index contributed by atoms with van der Waals surface area (Å²) in [5, 5.41) is 13.8. The molecule has 10 heteroatoms. The zero-order valence-electron chi connectivity index (χ0n) is 13.9. The molecule has 7 N–H and O–H groups in total. The van der Waals surface area contributed by atoms with Crippen LogP contribution in [0.15, 0.2) is 30.3 Å². The standard InChI is InChI=1S/C16H22N4O5S/c17-10(8-26)14(22)19-11(6-9-4-2-1-3-5-9)15(23)20-12(16(24)25)7-13(18)21/h1-5,10-12,26H,6-8,17H2,(H2,18,21)(H,19,22)(H,20,23)(H,24,25)/t10-,11-,12-/m0/s1. The quantitative estimate of drug-likeness (QED) is 0.267. The minimum atomic E-state index is -1.49. The van der Waals surface area contributed by atoms with E-state index < -0.39 is 48.2 Å². The van der Waals surface area contributed by atoms with E-state index in [1.54, 1.807) is 30.3 Å². The van der Waals surface area contributed by atoms with E-state index in [0.29, 0.717) is 0 Å². The first-order valence-electron chi connectivity index (χ1n) is 7.76. The molecule has 0 aliphatic carbocycles. The molecule has 0 heterocycles. The molecule has 9 nitrogen and oxygen atoms in total. The van der Waals surface area contributed by atoms with Gasteiger partial charge >= 0.3 is 5.97 Å². The van der Waals surface area contributed by atoms with Crippen LogP contribution in [0.3, 0.4) is 0 Å². The summed E-state index contributed by atoms with van der Waals surface area (Å²) in [5.41, 5.74) is 11.3. The molecule has 3 atom stereocenters. The Morgan fingerprint density at radius 1 is 1.04 bits per heavy atom. The van der Waals surface area contributed by atoms with Crippen molar-refractivity contribution in [1.82, 2.24) is 10.6 Å². The number of amides is 3. The van der Waals surface area contributed by atoms with Crippen molar-refractivity contribution in [3.63, 3.8) is 0 Å². The Kier molecular flexibility index (Phi) is 8.59. The van der Waals surface area contributed by atoms with Gasteiger partial charge in [0, 0.05) is 12.2 Å². The number of hydrogen-bond donors (Lipinski definition) is 6.